The molecule has 0 saturated carbocycles. The van der Waals surface area contributed by atoms with E-state index in [4.69, 9.17) is 11.6 Å². The summed E-state index contributed by atoms with van der Waals surface area (Å²) in [5, 5.41) is 0.482. The van der Waals surface area contributed by atoms with E-state index in [1.54, 1.807) is 23.1 Å². The molecule has 2 nitrogen and oxygen atoms in total. The molecular formula is C11H11ClF2N2. The standard InChI is InChI=1S/C11H11ClF2N2/c1-2-9-5-8(12)6-10(15-9)16-4-3-11(13,14)7-16/h2,5-6H,1,3-4,7H2. The fourth-order valence-electron chi connectivity index (χ4n) is 1.70. The molecule has 1 aliphatic heterocycles. The largest absolute Gasteiger partial charge is 0.350 e. The van der Waals surface area contributed by atoms with Crippen LogP contribution in [0.4, 0.5) is 14.6 Å². The first-order valence-corrected chi connectivity index (χ1v) is 5.31. The smallest absolute Gasteiger partial charge is 0.266 e. The Morgan fingerprint density at radius 3 is 2.81 bits per heavy atom. The number of aromatic nitrogens is 1. The van der Waals surface area contributed by atoms with Gasteiger partial charge >= 0.3 is 0 Å². The van der Waals surface area contributed by atoms with Gasteiger partial charge in [-0.25, -0.2) is 13.8 Å². The fraction of sp³-hybridized carbons (Fsp3) is 0.364. The number of anilines is 1. The van der Waals surface area contributed by atoms with Gasteiger partial charge in [0.2, 0.25) is 0 Å². The normalized spacial score (nSPS) is 18.8. The van der Waals surface area contributed by atoms with Crippen LogP contribution in [-0.2, 0) is 0 Å². The van der Waals surface area contributed by atoms with Crippen molar-refractivity contribution in [3.8, 4) is 0 Å². The molecule has 0 bridgehead atoms. The molecule has 0 unspecified atom stereocenters. The molecule has 16 heavy (non-hydrogen) atoms. The summed E-state index contributed by atoms with van der Waals surface area (Å²) in [5.74, 6) is -2.14. The third-order valence-electron chi connectivity index (χ3n) is 2.50. The molecule has 1 fully saturated rings. The molecule has 0 radical (unpaired) electrons. The van der Waals surface area contributed by atoms with E-state index in [-0.39, 0.29) is 13.0 Å². The van der Waals surface area contributed by atoms with Gasteiger partial charge in [0.05, 0.1) is 12.2 Å². The van der Waals surface area contributed by atoms with E-state index in [1.807, 2.05) is 0 Å². The van der Waals surface area contributed by atoms with Crippen LogP contribution in [-0.4, -0.2) is 24.0 Å². The highest BCUT2D eigenvalue weighted by Crippen LogP contribution is 2.31. The molecular weight excluding hydrogens is 234 g/mol. The molecule has 1 aromatic rings. The fourth-order valence-corrected chi connectivity index (χ4v) is 1.91. The molecule has 2 heterocycles. The van der Waals surface area contributed by atoms with Crippen molar-refractivity contribution in [2.45, 2.75) is 12.3 Å². The van der Waals surface area contributed by atoms with Crippen LogP contribution in [0.3, 0.4) is 0 Å². The Balaban J connectivity index is 2.27. The van der Waals surface area contributed by atoms with Crippen LogP contribution in [0.15, 0.2) is 18.7 Å². The quantitative estimate of drug-likeness (QED) is 0.794. The predicted octanol–water partition coefficient (Wildman–Crippen LogP) is 3.22. The molecule has 86 valence electrons. The van der Waals surface area contributed by atoms with E-state index in [1.165, 1.54) is 0 Å². The Labute approximate surface area is 97.5 Å². The highest BCUT2D eigenvalue weighted by molar-refractivity contribution is 6.30. The second-order valence-corrected chi connectivity index (χ2v) is 4.24. The maximum Gasteiger partial charge on any atom is 0.266 e. The number of pyridine rings is 1. The lowest BCUT2D eigenvalue weighted by Crippen LogP contribution is -2.25. The SMILES string of the molecule is C=Cc1cc(Cl)cc(N2CCC(F)(F)C2)n1. The Morgan fingerprint density at radius 1 is 1.50 bits per heavy atom. The summed E-state index contributed by atoms with van der Waals surface area (Å²) >= 11 is 5.88. The Morgan fingerprint density at radius 2 is 2.25 bits per heavy atom. The van der Waals surface area contributed by atoms with Crippen LogP contribution in [0.5, 0.6) is 0 Å². The summed E-state index contributed by atoms with van der Waals surface area (Å²) < 4.78 is 26.1. The maximum absolute atomic E-state index is 13.0. The lowest BCUT2D eigenvalue weighted by molar-refractivity contribution is 0.0256. The van der Waals surface area contributed by atoms with Crippen molar-refractivity contribution in [3.63, 3.8) is 0 Å². The minimum atomic E-state index is -2.63. The van der Waals surface area contributed by atoms with Crippen LogP contribution in [0.1, 0.15) is 12.1 Å². The second-order valence-electron chi connectivity index (χ2n) is 3.80. The van der Waals surface area contributed by atoms with E-state index in [0.29, 0.717) is 23.1 Å². The van der Waals surface area contributed by atoms with Gasteiger partial charge in [-0.1, -0.05) is 18.2 Å². The van der Waals surface area contributed by atoms with E-state index < -0.39 is 5.92 Å². The van der Waals surface area contributed by atoms with Crippen molar-refractivity contribution in [2.75, 3.05) is 18.0 Å². The van der Waals surface area contributed by atoms with Gasteiger partial charge in [0.1, 0.15) is 5.82 Å². The minimum Gasteiger partial charge on any atom is -0.350 e. The molecule has 0 aromatic carbocycles. The Hall–Kier alpha value is -1.16. The zero-order valence-electron chi connectivity index (χ0n) is 8.59. The number of hydrogen-bond donors (Lipinski definition) is 0. The summed E-state index contributed by atoms with van der Waals surface area (Å²) in [6, 6.07) is 3.24. The number of hydrogen-bond acceptors (Lipinski definition) is 2. The minimum absolute atomic E-state index is 0.134. The second kappa shape index (κ2) is 4.01. The van der Waals surface area contributed by atoms with E-state index >= 15 is 0 Å². The van der Waals surface area contributed by atoms with Crippen molar-refractivity contribution in [1.82, 2.24) is 4.98 Å². The third kappa shape index (κ3) is 2.32. The van der Waals surface area contributed by atoms with E-state index in [9.17, 15) is 8.78 Å². The van der Waals surface area contributed by atoms with Crippen molar-refractivity contribution in [1.29, 1.82) is 0 Å². The molecule has 5 heteroatoms. The molecule has 0 atom stereocenters. The lowest BCUT2D eigenvalue weighted by Gasteiger charge is -2.17. The highest BCUT2D eigenvalue weighted by Gasteiger charge is 2.38. The molecule has 0 aliphatic carbocycles. The number of nitrogens with zero attached hydrogens (tertiary/aromatic N) is 2. The van der Waals surface area contributed by atoms with Crippen LogP contribution in [0.2, 0.25) is 5.02 Å². The van der Waals surface area contributed by atoms with Gasteiger partial charge < -0.3 is 4.90 Å². The van der Waals surface area contributed by atoms with E-state index in [0.717, 1.165) is 0 Å². The third-order valence-corrected chi connectivity index (χ3v) is 2.72. The first-order valence-electron chi connectivity index (χ1n) is 4.93. The summed E-state index contributed by atoms with van der Waals surface area (Å²) in [7, 11) is 0. The van der Waals surface area contributed by atoms with Gasteiger partial charge in [0.25, 0.3) is 5.92 Å². The molecule has 1 saturated heterocycles. The van der Waals surface area contributed by atoms with Crippen molar-refractivity contribution < 1.29 is 8.78 Å². The van der Waals surface area contributed by atoms with Crippen molar-refractivity contribution in [2.24, 2.45) is 0 Å². The summed E-state index contributed by atoms with van der Waals surface area (Å²) in [4.78, 5) is 5.73. The van der Waals surface area contributed by atoms with Gasteiger partial charge in [0.15, 0.2) is 0 Å². The van der Waals surface area contributed by atoms with Gasteiger partial charge in [-0.05, 0) is 18.2 Å². The Bertz CT molecular complexity index is 420. The van der Waals surface area contributed by atoms with Crippen LogP contribution in [0.25, 0.3) is 6.08 Å². The van der Waals surface area contributed by atoms with Gasteiger partial charge in [0, 0.05) is 18.0 Å². The lowest BCUT2D eigenvalue weighted by atomic mass is 10.3. The first-order chi connectivity index (χ1) is 7.50. The summed E-state index contributed by atoms with van der Waals surface area (Å²) in [5.41, 5.74) is 0.595. The average Bonchev–Trinajstić information content (AvgIpc) is 2.58. The molecule has 0 N–H and O–H groups in total. The molecule has 0 amide bonds. The summed E-state index contributed by atoms with van der Waals surface area (Å²) in [6.07, 6.45) is 1.41. The van der Waals surface area contributed by atoms with Crippen LogP contribution < -0.4 is 4.90 Å². The zero-order valence-corrected chi connectivity index (χ0v) is 9.34. The highest BCUT2D eigenvalue weighted by atomic mass is 35.5. The molecule has 1 aliphatic rings. The average molecular weight is 245 g/mol. The molecule has 2 rings (SSSR count). The van der Waals surface area contributed by atoms with Crippen molar-refractivity contribution >= 4 is 23.5 Å². The van der Waals surface area contributed by atoms with Crippen LogP contribution >= 0.6 is 11.6 Å². The maximum atomic E-state index is 13.0. The zero-order chi connectivity index (χ0) is 11.8. The summed E-state index contributed by atoms with van der Waals surface area (Å²) in [6.45, 7) is 3.59. The predicted molar refractivity (Wildman–Crippen MR) is 61.1 cm³/mol. The number of rotatable bonds is 2. The van der Waals surface area contributed by atoms with Gasteiger partial charge in [-0.15, -0.1) is 0 Å². The van der Waals surface area contributed by atoms with Crippen molar-refractivity contribution in [3.05, 3.63) is 29.4 Å². The topological polar surface area (TPSA) is 16.1 Å². The first kappa shape index (κ1) is 11.3. The van der Waals surface area contributed by atoms with Gasteiger partial charge in [-0.3, -0.25) is 0 Å². The van der Waals surface area contributed by atoms with Crippen LogP contribution in [0, 0.1) is 0 Å². The molecule has 1 aromatic heterocycles. The van der Waals surface area contributed by atoms with Gasteiger partial charge in [-0.2, -0.15) is 0 Å². The number of halogens is 3. The van der Waals surface area contributed by atoms with E-state index in [2.05, 4.69) is 11.6 Å². The Kier molecular flexibility index (Phi) is 2.84. The molecule has 0 spiro atoms. The monoisotopic (exact) mass is 244 g/mol. The number of alkyl halides is 2.